The van der Waals surface area contributed by atoms with Gasteiger partial charge in [0.05, 0.1) is 6.10 Å². The number of rotatable bonds is 3. The lowest BCUT2D eigenvalue weighted by Gasteiger charge is -2.07. The normalized spacial score (nSPS) is 12.5. The molecule has 1 heterocycles. The van der Waals surface area contributed by atoms with Gasteiger partial charge in [-0.2, -0.15) is 0 Å². The van der Waals surface area contributed by atoms with Gasteiger partial charge in [0.15, 0.2) is 0 Å². The van der Waals surface area contributed by atoms with Crippen LogP contribution in [0.1, 0.15) is 18.1 Å². The highest BCUT2D eigenvalue weighted by atomic mass is 35.5. The van der Waals surface area contributed by atoms with Gasteiger partial charge in [-0.3, -0.25) is 0 Å². The van der Waals surface area contributed by atoms with Crippen LogP contribution in [0, 0.1) is 0 Å². The Balaban J connectivity index is 2.80. The van der Waals surface area contributed by atoms with Crippen LogP contribution in [0.15, 0.2) is 31.0 Å². The first kappa shape index (κ1) is 9.23. The summed E-state index contributed by atoms with van der Waals surface area (Å²) >= 11 is 5.64. The summed E-state index contributed by atoms with van der Waals surface area (Å²) in [6, 6.07) is 3.38. The number of halogens is 1. The Hall–Kier alpha value is -0.860. The smallest absolute Gasteiger partial charge is 0.129 e. The van der Waals surface area contributed by atoms with Crippen LogP contribution < -0.4 is 0 Å². The highest BCUT2D eigenvalue weighted by Crippen LogP contribution is 2.18. The van der Waals surface area contributed by atoms with Gasteiger partial charge in [0.1, 0.15) is 5.15 Å². The molecule has 12 heavy (non-hydrogen) atoms. The second-order valence-electron chi connectivity index (χ2n) is 2.45. The zero-order chi connectivity index (χ0) is 8.97. The summed E-state index contributed by atoms with van der Waals surface area (Å²) in [4.78, 5) is 3.81. The number of hydrogen-bond acceptors (Lipinski definition) is 2. The SMILES string of the molecule is C=CCC(O)c1ccnc(Cl)c1. The summed E-state index contributed by atoms with van der Waals surface area (Å²) in [6.07, 6.45) is 3.24. The Morgan fingerprint density at radius 1 is 1.75 bits per heavy atom. The number of pyridine rings is 1. The van der Waals surface area contributed by atoms with E-state index < -0.39 is 6.10 Å². The van der Waals surface area contributed by atoms with Gasteiger partial charge in [-0.15, -0.1) is 6.58 Å². The summed E-state index contributed by atoms with van der Waals surface area (Å²) in [5, 5.41) is 9.89. The molecule has 64 valence electrons. The van der Waals surface area contributed by atoms with E-state index in [2.05, 4.69) is 11.6 Å². The standard InChI is InChI=1S/C9H10ClNO/c1-2-3-8(12)7-4-5-11-9(10)6-7/h2,4-6,8,12H,1,3H2. The molecule has 1 unspecified atom stereocenters. The third kappa shape index (κ3) is 2.32. The Morgan fingerprint density at radius 2 is 2.50 bits per heavy atom. The van der Waals surface area contributed by atoms with Crippen LogP contribution in [0.4, 0.5) is 0 Å². The van der Waals surface area contributed by atoms with Crippen LogP contribution in [0.5, 0.6) is 0 Å². The maximum atomic E-state index is 9.49. The van der Waals surface area contributed by atoms with Crippen molar-refractivity contribution in [3.63, 3.8) is 0 Å². The van der Waals surface area contributed by atoms with E-state index in [1.54, 1.807) is 24.4 Å². The summed E-state index contributed by atoms with van der Waals surface area (Å²) in [7, 11) is 0. The molecule has 0 saturated carbocycles. The highest BCUT2D eigenvalue weighted by molar-refractivity contribution is 6.29. The van der Waals surface area contributed by atoms with Gasteiger partial charge in [0.25, 0.3) is 0 Å². The Kier molecular flexibility index (Phi) is 3.26. The van der Waals surface area contributed by atoms with Gasteiger partial charge >= 0.3 is 0 Å². The topological polar surface area (TPSA) is 33.1 Å². The van der Waals surface area contributed by atoms with Crippen molar-refractivity contribution < 1.29 is 5.11 Å². The molecule has 1 aromatic rings. The van der Waals surface area contributed by atoms with E-state index in [1.165, 1.54) is 0 Å². The molecule has 0 aliphatic rings. The molecule has 0 radical (unpaired) electrons. The minimum atomic E-state index is -0.525. The molecule has 1 atom stereocenters. The van der Waals surface area contributed by atoms with Crippen molar-refractivity contribution in [3.8, 4) is 0 Å². The zero-order valence-corrected chi connectivity index (χ0v) is 7.33. The number of aliphatic hydroxyl groups excluding tert-OH is 1. The molecular formula is C9H10ClNO. The monoisotopic (exact) mass is 183 g/mol. The number of aliphatic hydroxyl groups is 1. The summed E-state index contributed by atoms with van der Waals surface area (Å²) < 4.78 is 0. The van der Waals surface area contributed by atoms with Crippen molar-refractivity contribution in [2.24, 2.45) is 0 Å². The van der Waals surface area contributed by atoms with Crippen molar-refractivity contribution in [1.82, 2.24) is 4.98 Å². The van der Waals surface area contributed by atoms with Crippen LogP contribution in [-0.2, 0) is 0 Å². The summed E-state index contributed by atoms with van der Waals surface area (Å²) in [5.41, 5.74) is 0.773. The van der Waals surface area contributed by atoms with Gasteiger partial charge < -0.3 is 5.11 Å². The molecule has 2 nitrogen and oxygen atoms in total. The molecule has 0 fully saturated rings. The fourth-order valence-electron chi connectivity index (χ4n) is 0.919. The predicted octanol–water partition coefficient (Wildman–Crippen LogP) is 2.34. The van der Waals surface area contributed by atoms with Crippen LogP contribution in [0.25, 0.3) is 0 Å². The molecule has 0 saturated heterocycles. The summed E-state index contributed by atoms with van der Waals surface area (Å²) in [5.74, 6) is 0. The van der Waals surface area contributed by atoms with E-state index in [9.17, 15) is 5.11 Å². The zero-order valence-electron chi connectivity index (χ0n) is 6.57. The van der Waals surface area contributed by atoms with Crippen molar-refractivity contribution in [1.29, 1.82) is 0 Å². The van der Waals surface area contributed by atoms with Gasteiger partial charge in [0.2, 0.25) is 0 Å². The lowest BCUT2D eigenvalue weighted by molar-refractivity contribution is 0.181. The number of nitrogens with zero attached hydrogens (tertiary/aromatic N) is 1. The van der Waals surface area contributed by atoms with Crippen molar-refractivity contribution >= 4 is 11.6 Å². The average Bonchev–Trinajstić information content (AvgIpc) is 2.05. The minimum Gasteiger partial charge on any atom is -0.388 e. The second kappa shape index (κ2) is 4.24. The molecule has 1 rings (SSSR count). The van der Waals surface area contributed by atoms with Gasteiger partial charge in [-0.25, -0.2) is 4.98 Å². The van der Waals surface area contributed by atoms with Crippen LogP contribution in [0.3, 0.4) is 0 Å². The molecule has 0 aromatic carbocycles. The van der Waals surface area contributed by atoms with Crippen molar-refractivity contribution in [2.75, 3.05) is 0 Å². The average molecular weight is 184 g/mol. The van der Waals surface area contributed by atoms with E-state index in [4.69, 9.17) is 11.6 Å². The van der Waals surface area contributed by atoms with Crippen molar-refractivity contribution in [3.05, 3.63) is 41.7 Å². The Morgan fingerprint density at radius 3 is 3.08 bits per heavy atom. The van der Waals surface area contributed by atoms with Crippen molar-refractivity contribution in [2.45, 2.75) is 12.5 Å². The first-order chi connectivity index (χ1) is 5.74. The molecule has 0 aliphatic heterocycles. The maximum absolute atomic E-state index is 9.49. The largest absolute Gasteiger partial charge is 0.388 e. The first-order valence-corrected chi connectivity index (χ1v) is 4.02. The van der Waals surface area contributed by atoms with Crippen LogP contribution in [0.2, 0.25) is 5.15 Å². The number of aromatic nitrogens is 1. The molecule has 0 bridgehead atoms. The molecule has 1 aromatic heterocycles. The molecule has 1 N–H and O–H groups in total. The Labute approximate surface area is 76.5 Å². The quantitative estimate of drug-likeness (QED) is 0.577. The van der Waals surface area contributed by atoms with Gasteiger partial charge in [0, 0.05) is 6.20 Å². The Bertz CT molecular complexity index is 275. The highest BCUT2D eigenvalue weighted by Gasteiger charge is 2.04. The van der Waals surface area contributed by atoms with Crippen LogP contribution >= 0.6 is 11.6 Å². The van der Waals surface area contributed by atoms with E-state index in [-0.39, 0.29) is 0 Å². The third-order valence-corrected chi connectivity index (χ3v) is 1.73. The van der Waals surface area contributed by atoms with Crippen LogP contribution in [-0.4, -0.2) is 10.1 Å². The van der Waals surface area contributed by atoms with E-state index in [0.29, 0.717) is 11.6 Å². The minimum absolute atomic E-state index is 0.399. The van der Waals surface area contributed by atoms with Gasteiger partial charge in [-0.05, 0) is 24.1 Å². The first-order valence-electron chi connectivity index (χ1n) is 3.64. The molecule has 3 heteroatoms. The fraction of sp³-hybridized carbons (Fsp3) is 0.222. The van der Waals surface area contributed by atoms with E-state index in [0.717, 1.165) is 5.56 Å². The molecule has 0 spiro atoms. The fourth-order valence-corrected chi connectivity index (χ4v) is 1.10. The summed E-state index contributed by atoms with van der Waals surface area (Å²) in [6.45, 7) is 3.54. The molecular weight excluding hydrogens is 174 g/mol. The second-order valence-corrected chi connectivity index (χ2v) is 2.84. The number of hydrogen-bond donors (Lipinski definition) is 1. The molecule has 0 aliphatic carbocycles. The molecule has 0 amide bonds. The predicted molar refractivity (Wildman–Crippen MR) is 49.0 cm³/mol. The van der Waals surface area contributed by atoms with E-state index in [1.807, 2.05) is 0 Å². The third-order valence-electron chi connectivity index (χ3n) is 1.53. The van der Waals surface area contributed by atoms with E-state index >= 15 is 0 Å². The maximum Gasteiger partial charge on any atom is 0.129 e. The van der Waals surface area contributed by atoms with Gasteiger partial charge in [-0.1, -0.05) is 17.7 Å². The lowest BCUT2D eigenvalue weighted by atomic mass is 10.1. The lowest BCUT2D eigenvalue weighted by Crippen LogP contribution is -1.95.